The Kier molecular flexibility index (Phi) is 6.77. The average Bonchev–Trinajstić information content (AvgIpc) is 3.52. The molecular weight excluding hydrogens is 380 g/mol. The summed E-state index contributed by atoms with van der Waals surface area (Å²) in [7, 11) is 0. The van der Waals surface area contributed by atoms with E-state index >= 15 is 0 Å². The second-order valence-corrected chi connectivity index (χ2v) is 8.41. The van der Waals surface area contributed by atoms with Gasteiger partial charge in [-0.3, -0.25) is 9.59 Å². The van der Waals surface area contributed by atoms with E-state index in [2.05, 4.69) is 15.5 Å². The molecule has 7 heteroatoms. The lowest BCUT2D eigenvalue weighted by atomic mass is 10.0. The van der Waals surface area contributed by atoms with Gasteiger partial charge in [0.15, 0.2) is 5.82 Å². The van der Waals surface area contributed by atoms with Crippen LogP contribution < -0.4 is 5.32 Å². The van der Waals surface area contributed by atoms with Crippen LogP contribution >= 0.6 is 0 Å². The zero-order valence-corrected chi connectivity index (χ0v) is 17.4. The van der Waals surface area contributed by atoms with Gasteiger partial charge in [0, 0.05) is 32.4 Å². The lowest BCUT2D eigenvalue weighted by molar-refractivity contribution is -0.133. The molecule has 0 spiro atoms. The molecule has 1 aliphatic carbocycles. The van der Waals surface area contributed by atoms with Gasteiger partial charge < -0.3 is 14.7 Å². The van der Waals surface area contributed by atoms with Crippen molar-refractivity contribution in [1.82, 2.24) is 20.4 Å². The van der Waals surface area contributed by atoms with E-state index in [0.717, 1.165) is 24.9 Å². The monoisotopic (exact) mass is 410 g/mol. The third-order valence-corrected chi connectivity index (χ3v) is 6.19. The lowest BCUT2D eigenvalue weighted by Crippen LogP contribution is -2.32. The zero-order chi connectivity index (χ0) is 20.8. The number of nitrogens with zero attached hydrogens (tertiary/aromatic N) is 3. The summed E-state index contributed by atoms with van der Waals surface area (Å²) in [6.07, 6.45) is 8.00. The summed E-state index contributed by atoms with van der Waals surface area (Å²) in [5, 5.41) is 7.03. The van der Waals surface area contributed by atoms with E-state index in [1.165, 1.54) is 25.7 Å². The Balaban J connectivity index is 1.26. The van der Waals surface area contributed by atoms with Gasteiger partial charge in [0.05, 0.1) is 6.04 Å². The maximum atomic E-state index is 12.8. The highest BCUT2D eigenvalue weighted by Gasteiger charge is 2.34. The van der Waals surface area contributed by atoms with Crippen LogP contribution in [0.15, 0.2) is 34.9 Å². The summed E-state index contributed by atoms with van der Waals surface area (Å²) in [5.41, 5.74) is 1.06. The van der Waals surface area contributed by atoms with Crippen LogP contribution in [0.3, 0.4) is 0 Å². The highest BCUT2D eigenvalue weighted by Crippen LogP contribution is 2.34. The average molecular weight is 411 g/mol. The Morgan fingerprint density at radius 1 is 1.10 bits per heavy atom. The van der Waals surface area contributed by atoms with Gasteiger partial charge in [0.1, 0.15) is 0 Å². The maximum absolute atomic E-state index is 12.8. The second-order valence-electron chi connectivity index (χ2n) is 8.41. The van der Waals surface area contributed by atoms with Crippen LogP contribution in [0.4, 0.5) is 0 Å². The number of likely N-dealkylation sites (tertiary alicyclic amines) is 1. The minimum absolute atomic E-state index is 0.0483. The highest BCUT2D eigenvalue weighted by molar-refractivity contribution is 5.77. The molecule has 30 heavy (non-hydrogen) atoms. The number of nitrogens with one attached hydrogen (secondary N) is 1. The van der Waals surface area contributed by atoms with Crippen molar-refractivity contribution in [3.63, 3.8) is 0 Å². The molecule has 1 saturated carbocycles. The van der Waals surface area contributed by atoms with Gasteiger partial charge in [0.25, 0.3) is 0 Å². The van der Waals surface area contributed by atoms with Gasteiger partial charge in [-0.25, -0.2) is 0 Å². The number of carbonyl (C=O) groups is 2. The van der Waals surface area contributed by atoms with E-state index in [1.54, 1.807) is 0 Å². The molecule has 7 nitrogen and oxygen atoms in total. The Morgan fingerprint density at radius 2 is 1.90 bits per heavy atom. The number of amides is 2. The number of rotatable bonds is 8. The molecule has 2 aliphatic rings. The number of benzene rings is 1. The van der Waals surface area contributed by atoms with Gasteiger partial charge in [-0.2, -0.15) is 4.98 Å². The van der Waals surface area contributed by atoms with Crippen LogP contribution in [0.25, 0.3) is 0 Å². The lowest BCUT2D eigenvalue weighted by Gasteiger charge is -2.23. The van der Waals surface area contributed by atoms with Crippen molar-refractivity contribution in [2.75, 3.05) is 6.54 Å². The standard InChI is InChI=1S/C23H30N4O3/c28-20(24-16-18-9-2-1-3-10-18)12-13-21-25-23(26-30-21)19-11-6-14-27(19)22(29)15-17-7-4-5-8-17/h1-3,9-10,17,19H,4-8,11-16H2,(H,24,28). The van der Waals surface area contributed by atoms with Crippen LogP contribution in [0.1, 0.15) is 74.7 Å². The fourth-order valence-corrected chi connectivity index (χ4v) is 4.52. The van der Waals surface area contributed by atoms with Gasteiger partial charge in [-0.05, 0) is 37.2 Å². The molecule has 2 aromatic rings. The molecule has 2 amide bonds. The van der Waals surface area contributed by atoms with Crippen molar-refractivity contribution >= 4 is 11.8 Å². The van der Waals surface area contributed by atoms with E-state index in [4.69, 9.17) is 4.52 Å². The summed E-state index contributed by atoms with van der Waals surface area (Å²) >= 11 is 0. The summed E-state index contributed by atoms with van der Waals surface area (Å²) in [5.74, 6) is 1.74. The van der Waals surface area contributed by atoms with Crippen LogP contribution in [-0.2, 0) is 22.6 Å². The number of hydrogen-bond acceptors (Lipinski definition) is 5. The number of carbonyl (C=O) groups excluding carboxylic acids is 2. The summed E-state index contributed by atoms with van der Waals surface area (Å²) in [6.45, 7) is 1.27. The van der Waals surface area contributed by atoms with Crippen molar-refractivity contribution in [3.8, 4) is 0 Å². The molecular formula is C23H30N4O3. The highest BCUT2D eigenvalue weighted by atomic mass is 16.5. The second kappa shape index (κ2) is 9.87. The SMILES string of the molecule is O=C(CCc1nc(C2CCCN2C(=O)CC2CCCC2)no1)NCc1ccccc1. The molecule has 1 aromatic heterocycles. The molecule has 2 fully saturated rings. The van der Waals surface area contributed by atoms with E-state index in [1.807, 2.05) is 35.2 Å². The number of aromatic nitrogens is 2. The molecule has 1 atom stereocenters. The summed E-state index contributed by atoms with van der Waals surface area (Å²) in [4.78, 5) is 31.3. The molecule has 1 N–H and O–H groups in total. The van der Waals surface area contributed by atoms with E-state index in [-0.39, 0.29) is 17.9 Å². The van der Waals surface area contributed by atoms with Crippen molar-refractivity contribution in [2.45, 2.75) is 70.4 Å². The van der Waals surface area contributed by atoms with Gasteiger partial charge in [0.2, 0.25) is 17.7 Å². The molecule has 1 aromatic carbocycles. The van der Waals surface area contributed by atoms with Crippen molar-refractivity contribution in [3.05, 3.63) is 47.6 Å². The van der Waals surface area contributed by atoms with Crippen molar-refractivity contribution in [2.24, 2.45) is 5.92 Å². The van der Waals surface area contributed by atoms with E-state index in [0.29, 0.717) is 43.4 Å². The van der Waals surface area contributed by atoms with Crippen LogP contribution in [0, 0.1) is 5.92 Å². The third kappa shape index (κ3) is 5.26. The first-order chi connectivity index (χ1) is 14.7. The molecule has 1 unspecified atom stereocenters. The first-order valence-corrected chi connectivity index (χ1v) is 11.1. The van der Waals surface area contributed by atoms with Gasteiger partial charge >= 0.3 is 0 Å². The predicted octanol–water partition coefficient (Wildman–Crippen LogP) is 3.56. The largest absolute Gasteiger partial charge is 0.352 e. The predicted molar refractivity (Wildman–Crippen MR) is 111 cm³/mol. The smallest absolute Gasteiger partial charge is 0.227 e. The molecule has 2 heterocycles. The zero-order valence-electron chi connectivity index (χ0n) is 17.4. The Hall–Kier alpha value is -2.70. The number of hydrogen-bond donors (Lipinski definition) is 1. The molecule has 0 radical (unpaired) electrons. The minimum atomic E-state index is -0.0942. The summed E-state index contributed by atoms with van der Waals surface area (Å²) in [6, 6.07) is 9.71. The first-order valence-electron chi connectivity index (χ1n) is 11.1. The fourth-order valence-electron chi connectivity index (χ4n) is 4.52. The fraction of sp³-hybridized carbons (Fsp3) is 0.565. The Labute approximate surface area is 177 Å². The van der Waals surface area contributed by atoms with Crippen molar-refractivity contribution in [1.29, 1.82) is 0 Å². The van der Waals surface area contributed by atoms with Crippen LogP contribution in [0.2, 0.25) is 0 Å². The molecule has 0 bridgehead atoms. The maximum Gasteiger partial charge on any atom is 0.227 e. The summed E-state index contributed by atoms with van der Waals surface area (Å²) < 4.78 is 5.37. The van der Waals surface area contributed by atoms with E-state index in [9.17, 15) is 9.59 Å². The minimum Gasteiger partial charge on any atom is -0.352 e. The Bertz CT molecular complexity index is 845. The molecule has 160 valence electrons. The van der Waals surface area contributed by atoms with Crippen LogP contribution in [-0.4, -0.2) is 33.4 Å². The Morgan fingerprint density at radius 3 is 2.70 bits per heavy atom. The van der Waals surface area contributed by atoms with Crippen LogP contribution in [0.5, 0.6) is 0 Å². The topological polar surface area (TPSA) is 88.3 Å². The molecule has 1 aliphatic heterocycles. The van der Waals surface area contributed by atoms with E-state index < -0.39 is 0 Å². The van der Waals surface area contributed by atoms with Gasteiger partial charge in [-0.1, -0.05) is 48.3 Å². The quantitative estimate of drug-likeness (QED) is 0.719. The number of aryl methyl sites for hydroxylation is 1. The molecule has 4 rings (SSSR count). The van der Waals surface area contributed by atoms with Gasteiger partial charge in [-0.15, -0.1) is 0 Å². The first kappa shape index (κ1) is 20.6. The third-order valence-electron chi connectivity index (χ3n) is 6.19. The normalized spacial score (nSPS) is 19.3. The molecule has 1 saturated heterocycles. The van der Waals surface area contributed by atoms with Crippen molar-refractivity contribution < 1.29 is 14.1 Å².